The number of nitrogens with one attached hydrogen (secondary N) is 1. The molecule has 2 fully saturated rings. The number of nitrogens with zero attached hydrogens (tertiary/aromatic N) is 3. The van der Waals surface area contributed by atoms with Crippen LogP contribution in [0.3, 0.4) is 0 Å². The van der Waals surface area contributed by atoms with Crippen LogP contribution in [0.25, 0.3) is 0 Å². The number of likely N-dealkylation sites (N-methyl/N-ethyl adjacent to an activating group) is 1. The van der Waals surface area contributed by atoms with Crippen molar-refractivity contribution in [3.05, 3.63) is 35.4 Å². The number of piperazine rings is 1. The van der Waals surface area contributed by atoms with Crippen LogP contribution in [0.1, 0.15) is 30.9 Å². The quantitative estimate of drug-likeness (QED) is 0.627. The summed E-state index contributed by atoms with van der Waals surface area (Å²) in [7, 11) is -3.36. The number of aryl methyl sites for hydroxylation is 1. The molecule has 1 amide bonds. The average Bonchev–Trinajstić information content (AvgIpc) is 3.20. The van der Waals surface area contributed by atoms with Gasteiger partial charge in [0, 0.05) is 45.3 Å². The van der Waals surface area contributed by atoms with Crippen LogP contribution in [0.4, 0.5) is 0 Å². The molecular formula is C22H36N4O3S. The fourth-order valence-electron chi connectivity index (χ4n) is 4.36. The Labute approximate surface area is 181 Å². The van der Waals surface area contributed by atoms with Gasteiger partial charge < -0.3 is 10.2 Å². The highest BCUT2D eigenvalue weighted by Gasteiger charge is 2.29. The highest BCUT2D eigenvalue weighted by Crippen LogP contribution is 2.19. The van der Waals surface area contributed by atoms with Gasteiger partial charge in [0.25, 0.3) is 0 Å². The summed E-state index contributed by atoms with van der Waals surface area (Å²) in [5, 5.41) is 3.18. The number of hydrogen-bond donors (Lipinski definition) is 1. The predicted molar refractivity (Wildman–Crippen MR) is 120 cm³/mol. The molecule has 2 aliphatic rings. The second-order valence-corrected chi connectivity index (χ2v) is 10.5. The first-order valence-corrected chi connectivity index (χ1v) is 12.8. The molecule has 2 aliphatic heterocycles. The lowest BCUT2D eigenvalue weighted by atomic mass is 10.1. The standard InChI is InChI=1S/C22H36N4O3S/c1-3-24-12-4-5-21(24)18-25(22(27)17-20-8-6-19(2)7-9-20)15-16-30(28,29)26-13-10-23-11-14-26/h6-9,21,23H,3-5,10-18H2,1-2H3. The molecule has 0 spiro atoms. The number of carbonyl (C=O) groups excluding carboxylic acids is 1. The van der Waals surface area contributed by atoms with E-state index in [2.05, 4.69) is 17.1 Å². The van der Waals surface area contributed by atoms with Crippen LogP contribution in [0, 0.1) is 6.92 Å². The Hall–Kier alpha value is -1.48. The third-order valence-corrected chi connectivity index (χ3v) is 8.10. The van der Waals surface area contributed by atoms with Crippen molar-refractivity contribution in [3.63, 3.8) is 0 Å². The van der Waals surface area contributed by atoms with Crippen molar-refractivity contribution in [1.82, 2.24) is 19.4 Å². The van der Waals surface area contributed by atoms with Gasteiger partial charge in [0.05, 0.1) is 12.2 Å². The van der Waals surface area contributed by atoms with Crippen molar-refractivity contribution >= 4 is 15.9 Å². The van der Waals surface area contributed by atoms with E-state index < -0.39 is 10.0 Å². The molecule has 0 aromatic heterocycles. The zero-order chi connectivity index (χ0) is 21.6. The van der Waals surface area contributed by atoms with Crippen molar-refractivity contribution in [2.45, 2.75) is 39.2 Å². The van der Waals surface area contributed by atoms with Gasteiger partial charge in [-0.15, -0.1) is 0 Å². The summed E-state index contributed by atoms with van der Waals surface area (Å²) in [4.78, 5) is 17.4. The second-order valence-electron chi connectivity index (χ2n) is 8.39. The van der Waals surface area contributed by atoms with Crippen LogP contribution in [-0.2, 0) is 21.2 Å². The third-order valence-electron chi connectivity index (χ3n) is 6.25. The first-order valence-electron chi connectivity index (χ1n) is 11.1. The van der Waals surface area contributed by atoms with Gasteiger partial charge in [-0.3, -0.25) is 9.69 Å². The number of benzene rings is 1. The van der Waals surface area contributed by atoms with Crippen molar-refractivity contribution in [3.8, 4) is 0 Å². The van der Waals surface area contributed by atoms with E-state index in [1.165, 1.54) is 0 Å². The van der Waals surface area contributed by atoms with E-state index >= 15 is 0 Å². The minimum atomic E-state index is -3.36. The van der Waals surface area contributed by atoms with Crippen molar-refractivity contribution < 1.29 is 13.2 Å². The van der Waals surface area contributed by atoms with Gasteiger partial charge in [0.2, 0.25) is 15.9 Å². The maximum atomic E-state index is 13.2. The number of likely N-dealkylation sites (tertiary alicyclic amines) is 1. The Balaban J connectivity index is 1.67. The Bertz CT molecular complexity index is 791. The van der Waals surface area contributed by atoms with E-state index in [9.17, 15) is 13.2 Å². The van der Waals surface area contributed by atoms with E-state index in [1.807, 2.05) is 31.2 Å². The number of hydrogen-bond acceptors (Lipinski definition) is 5. The summed E-state index contributed by atoms with van der Waals surface area (Å²) >= 11 is 0. The third kappa shape index (κ3) is 6.26. The SMILES string of the molecule is CCN1CCCC1CN(CCS(=O)(=O)N1CCNCC1)C(=O)Cc1ccc(C)cc1. The van der Waals surface area contributed by atoms with Crippen LogP contribution < -0.4 is 5.32 Å². The zero-order valence-electron chi connectivity index (χ0n) is 18.3. The van der Waals surface area contributed by atoms with Crippen LogP contribution >= 0.6 is 0 Å². The molecule has 0 aliphatic carbocycles. The first kappa shape index (κ1) is 23.2. The molecule has 1 unspecified atom stereocenters. The second kappa shape index (κ2) is 10.7. The minimum absolute atomic E-state index is 0.00845. The molecule has 1 N–H and O–H groups in total. The van der Waals surface area contributed by atoms with Gasteiger partial charge in [-0.25, -0.2) is 8.42 Å². The molecule has 0 radical (unpaired) electrons. The van der Waals surface area contributed by atoms with E-state index in [-0.39, 0.29) is 18.2 Å². The van der Waals surface area contributed by atoms with Gasteiger partial charge in [-0.1, -0.05) is 36.8 Å². The Morgan fingerprint density at radius 1 is 1.17 bits per heavy atom. The number of rotatable bonds is 9. The normalized spacial score (nSPS) is 21.1. The summed E-state index contributed by atoms with van der Waals surface area (Å²) in [5.74, 6) is 0.00296. The van der Waals surface area contributed by atoms with Crippen LogP contribution in [0.15, 0.2) is 24.3 Å². The van der Waals surface area contributed by atoms with E-state index in [0.717, 1.165) is 37.1 Å². The molecule has 0 saturated carbocycles. The maximum absolute atomic E-state index is 13.2. The van der Waals surface area contributed by atoms with E-state index in [4.69, 9.17) is 0 Å². The van der Waals surface area contributed by atoms with Crippen LogP contribution in [0.2, 0.25) is 0 Å². The molecule has 1 atom stereocenters. The molecular weight excluding hydrogens is 400 g/mol. The highest BCUT2D eigenvalue weighted by atomic mass is 32.2. The number of sulfonamides is 1. The molecule has 3 rings (SSSR count). The van der Waals surface area contributed by atoms with Crippen molar-refractivity contribution in [2.24, 2.45) is 0 Å². The highest BCUT2D eigenvalue weighted by molar-refractivity contribution is 7.89. The minimum Gasteiger partial charge on any atom is -0.340 e. The summed E-state index contributed by atoms with van der Waals surface area (Å²) in [5.41, 5.74) is 2.13. The lowest BCUT2D eigenvalue weighted by Crippen LogP contribution is -2.50. The molecule has 1 aromatic carbocycles. The molecule has 168 valence electrons. The summed E-state index contributed by atoms with van der Waals surface area (Å²) < 4.78 is 27.2. The van der Waals surface area contributed by atoms with Crippen LogP contribution in [-0.4, -0.2) is 92.6 Å². The summed E-state index contributed by atoms with van der Waals surface area (Å²) in [6.07, 6.45) is 2.51. The Morgan fingerprint density at radius 3 is 2.53 bits per heavy atom. The van der Waals surface area contributed by atoms with E-state index in [0.29, 0.717) is 45.2 Å². The largest absolute Gasteiger partial charge is 0.340 e. The molecule has 30 heavy (non-hydrogen) atoms. The van der Waals surface area contributed by atoms with Gasteiger partial charge >= 0.3 is 0 Å². The van der Waals surface area contributed by atoms with Crippen molar-refractivity contribution in [1.29, 1.82) is 0 Å². The predicted octanol–water partition coefficient (Wildman–Crippen LogP) is 1.09. The zero-order valence-corrected chi connectivity index (χ0v) is 19.2. The average molecular weight is 437 g/mol. The Kier molecular flexibility index (Phi) is 8.27. The lowest BCUT2D eigenvalue weighted by Gasteiger charge is -2.32. The van der Waals surface area contributed by atoms with Crippen LogP contribution in [0.5, 0.6) is 0 Å². The fourth-order valence-corrected chi connectivity index (χ4v) is 5.81. The molecule has 7 nitrogen and oxygen atoms in total. The number of amides is 1. The van der Waals surface area contributed by atoms with Gasteiger partial charge in [0.1, 0.15) is 0 Å². The maximum Gasteiger partial charge on any atom is 0.227 e. The molecule has 0 bridgehead atoms. The Morgan fingerprint density at radius 2 is 1.87 bits per heavy atom. The number of carbonyl (C=O) groups is 1. The molecule has 8 heteroatoms. The molecule has 1 aromatic rings. The summed E-state index contributed by atoms with van der Waals surface area (Å²) in [6, 6.07) is 8.31. The lowest BCUT2D eigenvalue weighted by molar-refractivity contribution is -0.130. The molecule has 2 heterocycles. The van der Waals surface area contributed by atoms with E-state index in [1.54, 1.807) is 9.21 Å². The molecule has 2 saturated heterocycles. The first-order chi connectivity index (χ1) is 14.4. The fraction of sp³-hybridized carbons (Fsp3) is 0.682. The van der Waals surface area contributed by atoms with Crippen molar-refractivity contribution in [2.75, 3.05) is 58.1 Å². The topological polar surface area (TPSA) is 73.0 Å². The monoisotopic (exact) mass is 436 g/mol. The van der Waals surface area contributed by atoms with Gasteiger partial charge in [0.15, 0.2) is 0 Å². The summed E-state index contributed by atoms with van der Waals surface area (Å²) in [6.45, 7) is 9.43. The smallest absolute Gasteiger partial charge is 0.227 e. The van der Waals surface area contributed by atoms with Gasteiger partial charge in [-0.05, 0) is 38.4 Å². The van der Waals surface area contributed by atoms with Gasteiger partial charge in [-0.2, -0.15) is 4.31 Å².